The lowest BCUT2D eigenvalue weighted by molar-refractivity contribution is -0.144. The van der Waals surface area contributed by atoms with E-state index in [4.69, 9.17) is 64.0 Å². The third-order valence-corrected chi connectivity index (χ3v) is 6.94. The molecule has 292 valence electrons. The van der Waals surface area contributed by atoms with Crippen LogP contribution >= 0.6 is 12.6 Å². The third-order valence-electron chi connectivity index (χ3n) is 6.54. The van der Waals surface area contributed by atoms with Gasteiger partial charge in [-0.15, -0.1) is 0 Å². The van der Waals surface area contributed by atoms with Crippen LogP contribution in [0, 0.1) is 0 Å². The second-order valence-electron chi connectivity index (χ2n) is 10.9. The first-order valence-corrected chi connectivity index (χ1v) is 15.9. The molecule has 1 aromatic heterocycles. The Hall–Kier alpha value is -5.58. The van der Waals surface area contributed by atoms with Crippen LogP contribution in [-0.2, 0) is 46.4 Å². The molecule has 2 aromatic carbocycles. The number of nitrogens with one attached hydrogen (secondary N) is 1. The van der Waals surface area contributed by atoms with Crippen molar-refractivity contribution in [2.24, 2.45) is 28.7 Å². The van der Waals surface area contributed by atoms with Gasteiger partial charge < -0.3 is 69.0 Å². The Morgan fingerprint density at radius 2 is 1.15 bits per heavy atom. The number of aliphatic carboxylic acids is 6. The molecule has 0 aliphatic heterocycles. The SMILES string of the molecule is N[C@@H](CC(=O)O)C(=O)O.N[C@@H](CCC(=O)O)C(=O)O.N[C@@H](Cc1c[nH]c2ccccc12)C(=O)O.N[C@@H](Cc1ccc(OC(=O)[C@@H](N)CS)cc1)C(=O)O. The summed E-state index contributed by atoms with van der Waals surface area (Å²) in [5.74, 6) is -6.75. The average Bonchev–Trinajstić information content (AvgIpc) is 3.50. The van der Waals surface area contributed by atoms with Crippen LogP contribution < -0.4 is 33.4 Å². The molecule has 0 aliphatic carbocycles. The largest absolute Gasteiger partial charge is 0.481 e. The Labute approximate surface area is 307 Å². The van der Waals surface area contributed by atoms with E-state index in [0.717, 1.165) is 22.0 Å². The molecule has 3 aromatic rings. The van der Waals surface area contributed by atoms with Crippen molar-refractivity contribution in [3.8, 4) is 5.75 Å². The molecule has 21 heteroatoms. The number of carboxylic acid groups (broad SMARTS) is 6. The number of hydrogen-bond donors (Lipinski definition) is 13. The lowest BCUT2D eigenvalue weighted by atomic mass is 10.1. The van der Waals surface area contributed by atoms with E-state index < -0.39 is 78.4 Å². The number of hydrogen-bond acceptors (Lipinski definition) is 14. The number of aromatic amines is 1. The number of ether oxygens (including phenoxy) is 1. The Bertz CT molecular complexity index is 1670. The standard InChI is InChI=1S/C12H16N2O4S.C11H12N2O2.C5H9NO4.C4H7NO4/c13-9(11(15)16)5-7-1-3-8(4-2-7)18-12(17)10(14)6-19;12-9(11(14)15)5-7-6-13-10-4-2-1-3-8(7)10;6-3(5(9)10)1-2-4(7)8;5-2(4(8)9)1-3(6)7/h1-4,9-10,19H,5-6,13-14H2,(H,15,16);1-4,6,9,13H,5,12H2,(H,14,15);3H,1-2,6H2,(H,7,8)(H,9,10);2H,1,5H2,(H,6,7)(H,8,9)/t9-,10-;9-;3-;2-/m0000/s1. The number of fused-ring (bicyclic) bond motifs is 1. The zero-order chi connectivity index (χ0) is 40.8. The van der Waals surface area contributed by atoms with Crippen molar-refractivity contribution in [2.75, 3.05) is 5.75 Å². The summed E-state index contributed by atoms with van der Waals surface area (Å²) in [6.07, 6.45) is 1.61. The molecular formula is C32H44N6O14S. The first kappa shape index (κ1) is 47.4. The molecule has 5 atom stereocenters. The second kappa shape index (κ2) is 24.6. The van der Waals surface area contributed by atoms with Gasteiger partial charge in [0.15, 0.2) is 0 Å². The lowest BCUT2D eigenvalue weighted by Gasteiger charge is -2.10. The van der Waals surface area contributed by atoms with Crippen LogP contribution in [0.2, 0.25) is 0 Å². The summed E-state index contributed by atoms with van der Waals surface area (Å²) in [5, 5.41) is 50.7. The maximum absolute atomic E-state index is 11.4. The molecule has 17 N–H and O–H groups in total. The fraction of sp³-hybridized carbons (Fsp3) is 0.344. The van der Waals surface area contributed by atoms with E-state index in [1.54, 1.807) is 24.3 Å². The van der Waals surface area contributed by atoms with Crippen molar-refractivity contribution in [1.82, 2.24) is 4.98 Å². The van der Waals surface area contributed by atoms with Gasteiger partial charge in [0.2, 0.25) is 0 Å². The zero-order valence-corrected chi connectivity index (χ0v) is 29.0. The van der Waals surface area contributed by atoms with Gasteiger partial charge in [0.05, 0.1) is 6.42 Å². The predicted octanol–water partition coefficient (Wildman–Crippen LogP) is -0.938. The van der Waals surface area contributed by atoms with Gasteiger partial charge in [-0.3, -0.25) is 28.8 Å². The number of aromatic nitrogens is 1. The molecule has 0 spiro atoms. The molecular weight excluding hydrogens is 724 g/mol. The highest BCUT2D eigenvalue weighted by Gasteiger charge is 2.17. The number of esters is 1. The highest BCUT2D eigenvalue weighted by atomic mass is 32.1. The monoisotopic (exact) mass is 768 g/mol. The normalized spacial score (nSPS) is 13.0. The summed E-state index contributed by atoms with van der Waals surface area (Å²) >= 11 is 3.90. The molecule has 0 fully saturated rings. The molecule has 0 bridgehead atoms. The van der Waals surface area contributed by atoms with Gasteiger partial charge in [-0.1, -0.05) is 30.3 Å². The minimum absolute atomic E-state index is 0.0231. The first-order chi connectivity index (χ1) is 24.7. The van der Waals surface area contributed by atoms with Gasteiger partial charge in [-0.05, 0) is 42.2 Å². The highest BCUT2D eigenvalue weighted by Crippen LogP contribution is 2.18. The summed E-state index contributed by atoms with van der Waals surface area (Å²) < 4.78 is 5.01. The van der Waals surface area contributed by atoms with Crippen molar-refractivity contribution in [3.63, 3.8) is 0 Å². The zero-order valence-electron chi connectivity index (χ0n) is 28.1. The molecule has 0 saturated heterocycles. The first-order valence-electron chi connectivity index (χ1n) is 15.3. The number of H-pyrrole nitrogens is 1. The number of carbonyl (C=O) groups is 7. The molecule has 0 aliphatic rings. The van der Waals surface area contributed by atoms with Crippen LogP contribution in [0.1, 0.15) is 30.4 Å². The molecule has 0 unspecified atom stereocenters. The fourth-order valence-corrected chi connectivity index (χ4v) is 3.75. The minimum atomic E-state index is -1.29. The fourth-order valence-electron chi connectivity index (χ4n) is 3.60. The van der Waals surface area contributed by atoms with Crippen molar-refractivity contribution in [2.45, 2.75) is 62.3 Å². The Morgan fingerprint density at radius 1 is 0.642 bits per heavy atom. The Kier molecular flexibility index (Phi) is 22.0. The topological polar surface area (TPSA) is 396 Å². The Balaban J connectivity index is 0.000000713. The number of benzene rings is 2. The molecule has 0 amide bonds. The molecule has 20 nitrogen and oxygen atoms in total. The number of nitrogens with two attached hydrogens (primary N) is 5. The van der Waals surface area contributed by atoms with E-state index >= 15 is 0 Å². The van der Waals surface area contributed by atoms with Crippen LogP contribution in [0.25, 0.3) is 10.9 Å². The summed E-state index contributed by atoms with van der Waals surface area (Å²) in [4.78, 5) is 75.2. The van der Waals surface area contributed by atoms with E-state index in [1.807, 2.05) is 30.5 Å². The van der Waals surface area contributed by atoms with Crippen molar-refractivity contribution in [3.05, 3.63) is 65.9 Å². The van der Waals surface area contributed by atoms with Gasteiger partial charge in [0.25, 0.3) is 0 Å². The summed E-state index contributed by atoms with van der Waals surface area (Å²) in [6.45, 7) is 0. The van der Waals surface area contributed by atoms with Crippen LogP contribution in [0.4, 0.5) is 0 Å². The summed E-state index contributed by atoms with van der Waals surface area (Å²) in [5.41, 5.74) is 28.9. The van der Waals surface area contributed by atoms with Crippen molar-refractivity contribution in [1.29, 1.82) is 0 Å². The van der Waals surface area contributed by atoms with Crippen LogP contribution in [0.5, 0.6) is 5.75 Å². The van der Waals surface area contributed by atoms with Gasteiger partial charge in [0, 0.05) is 35.7 Å². The number of carboxylic acids is 6. The van der Waals surface area contributed by atoms with Gasteiger partial charge in [0.1, 0.15) is 36.0 Å². The quantitative estimate of drug-likeness (QED) is 0.0475. The molecule has 1 heterocycles. The third kappa shape index (κ3) is 20.2. The maximum atomic E-state index is 11.4. The van der Waals surface area contributed by atoms with Crippen LogP contribution in [0.3, 0.4) is 0 Å². The minimum Gasteiger partial charge on any atom is -0.481 e. The maximum Gasteiger partial charge on any atom is 0.329 e. The lowest BCUT2D eigenvalue weighted by Crippen LogP contribution is -2.35. The Morgan fingerprint density at radius 3 is 1.60 bits per heavy atom. The average molecular weight is 769 g/mol. The van der Waals surface area contributed by atoms with Gasteiger partial charge >= 0.3 is 41.8 Å². The van der Waals surface area contributed by atoms with Gasteiger partial charge in [-0.2, -0.15) is 12.6 Å². The van der Waals surface area contributed by atoms with Crippen molar-refractivity contribution >= 4 is 65.3 Å². The highest BCUT2D eigenvalue weighted by molar-refractivity contribution is 7.80. The van der Waals surface area contributed by atoms with Crippen LogP contribution in [0.15, 0.2) is 54.7 Å². The number of carbonyl (C=O) groups excluding carboxylic acids is 1. The molecule has 53 heavy (non-hydrogen) atoms. The van der Waals surface area contributed by atoms with Crippen LogP contribution in [-0.4, -0.2) is 113 Å². The predicted molar refractivity (Wildman–Crippen MR) is 191 cm³/mol. The smallest absolute Gasteiger partial charge is 0.329 e. The van der Waals surface area contributed by atoms with Gasteiger partial charge in [-0.25, -0.2) is 4.79 Å². The number of thiol groups is 1. The summed E-state index contributed by atoms with van der Waals surface area (Å²) in [7, 11) is 0. The molecule has 0 radical (unpaired) electrons. The van der Waals surface area contributed by atoms with E-state index in [1.165, 1.54) is 0 Å². The molecule has 3 rings (SSSR count). The summed E-state index contributed by atoms with van der Waals surface area (Å²) in [6, 6.07) is 9.26. The van der Waals surface area contributed by atoms with E-state index in [-0.39, 0.29) is 25.0 Å². The molecule has 0 saturated carbocycles. The number of para-hydroxylation sites is 1. The second-order valence-corrected chi connectivity index (χ2v) is 11.3. The van der Waals surface area contributed by atoms with E-state index in [0.29, 0.717) is 12.2 Å². The van der Waals surface area contributed by atoms with Crippen molar-refractivity contribution < 1.29 is 68.9 Å². The van der Waals surface area contributed by atoms with E-state index in [2.05, 4.69) is 17.6 Å². The van der Waals surface area contributed by atoms with E-state index in [9.17, 15) is 33.6 Å². The number of rotatable bonds is 16.